The van der Waals surface area contributed by atoms with E-state index >= 15 is 0 Å². The van der Waals surface area contributed by atoms with Crippen LogP contribution >= 0.6 is 0 Å². The monoisotopic (exact) mass is 299 g/mol. The number of aryl methyl sites for hydroxylation is 1. The second-order valence-corrected chi connectivity index (χ2v) is 6.08. The molecule has 3 nitrogen and oxygen atoms in total. The van der Waals surface area contributed by atoms with E-state index in [1.807, 2.05) is 26.8 Å². The summed E-state index contributed by atoms with van der Waals surface area (Å²) in [5.41, 5.74) is 3.81. The van der Waals surface area contributed by atoms with Gasteiger partial charge in [-0.3, -0.25) is 4.98 Å². The molecule has 2 atom stereocenters. The molecule has 118 valence electrons. The van der Waals surface area contributed by atoms with Gasteiger partial charge in [-0.1, -0.05) is 19.9 Å². The minimum absolute atomic E-state index is 0.363. The molecule has 22 heavy (non-hydrogen) atoms. The van der Waals surface area contributed by atoms with Crippen molar-refractivity contribution in [2.45, 2.75) is 39.0 Å². The quantitative estimate of drug-likeness (QED) is 0.830. The lowest BCUT2D eigenvalue weighted by Crippen LogP contribution is -2.21. The summed E-state index contributed by atoms with van der Waals surface area (Å²) >= 11 is 0. The molecule has 1 aliphatic carbocycles. The van der Waals surface area contributed by atoms with Crippen LogP contribution < -0.4 is 4.74 Å². The molecule has 0 spiro atoms. The molecular weight excluding hydrogens is 274 g/mol. The Labute approximate surface area is 132 Å². The molecule has 2 aromatic rings. The van der Waals surface area contributed by atoms with Crippen LogP contribution in [0.4, 0.5) is 0 Å². The van der Waals surface area contributed by atoms with Crippen molar-refractivity contribution in [2.24, 2.45) is 5.92 Å². The van der Waals surface area contributed by atoms with Gasteiger partial charge in [0.05, 0.1) is 19.2 Å². The van der Waals surface area contributed by atoms with Crippen molar-refractivity contribution in [2.75, 3.05) is 20.3 Å². The third kappa shape index (κ3) is 2.38. The van der Waals surface area contributed by atoms with E-state index in [4.69, 9.17) is 9.47 Å². The second-order valence-electron chi connectivity index (χ2n) is 6.08. The summed E-state index contributed by atoms with van der Waals surface area (Å²) in [6.07, 6.45) is 2.41. The fourth-order valence-electron chi connectivity index (χ4n) is 3.68. The molecule has 1 aromatic heterocycles. The van der Waals surface area contributed by atoms with Gasteiger partial charge in [-0.15, -0.1) is 0 Å². The zero-order valence-electron chi connectivity index (χ0n) is 14.0. The van der Waals surface area contributed by atoms with Crippen LogP contribution in [0, 0.1) is 12.8 Å². The van der Waals surface area contributed by atoms with Crippen LogP contribution in [0.1, 0.15) is 37.9 Å². The van der Waals surface area contributed by atoms with Gasteiger partial charge in [-0.25, -0.2) is 0 Å². The number of hydrogen-bond acceptors (Lipinski definition) is 3. The molecule has 0 amide bonds. The van der Waals surface area contributed by atoms with Crippen LogP contribution in [0.3, 0.4) is 0 Å². The molecule has 0 bridgehead atoms. The first-order valence-electron chi connectivity index (χ1n) is 8.26. The van der Waals surface area contributed by atoms with Crippen molar-refractivity contribution in [3.05, 3.63) is 35.5 Å². The number of fused-ring (bicyclic) bond motifs is 2. The summed E-state index contributed by atoms with van der Waals surface area (Å²) in [6, 6.07) is 8.68. The topological polar surface area (TPSA) is 31.4 Å². The number of methoxy groups -OCH3 is 1. The Balaban J connectivity index is 0.000000693. The van der Waals surface area contributed by atoms with Gasteiger partial charge in [0.2, 0.25) is 0 Å². The largest absolute Gasteiger partial charge is 0.496 e. The molecule has 4 rings (SSSR count). The van der Waals surface area contributed by atoms with Gasteiger partial charge in [0.1, 0.15) is 5.75 Å². The molecule has 2 heterocycles. The highest BCUT2D eigenvalue weighted by Gasteiger charge is 2.56. The number of benzene rings is 1. The number of pyridine rings is 1. The normalized spacial score (nSPS) is 25.9. The number of hydrogen-bond donors (Lipinski definition) is 0. The Kier molecular flexibility index (Phi) is 4.09. The third-order valence-corrected chi connectivity index (χ3v) is 4.94. The maximum absolute atomic E-state index is 5.58. The first-order chi connectivity index (χ1) is 10.7. The smallest absolute Gasteiger partial charge is 0.130 e. The van der Waals surface area contributed by atoms with Gasteiger partial charge >= 0.3 is 0 Å². The number of nitrogens with zero attached hydrogens (tertiary/aromatic N) is 1. The van der Waals surface area contributed by atoms with Crippen molar-refractivity contribution in [3.8, 4) is 5.75 Å². The number of rotatable bonds is 2. The summed E-state index contributed by atoms with van der Waals surface area (Å²) in [4.78, 5) is 4.60. The lowest BCUT2D eigenvalue weighted by molar-refractivity contribution is 0.0803. The van der Waals surface area contributed by atoms with Crippen LogP contribution in [0.25, 0.3) is 10.9 Å². The van der Waals surface area contributed by atoms with Gasteiger partial charge in [-0.2, -0.15) is 0 Å². The van der Waals surface area contributed by atoms with E-state index < -0.39 is 0 Å². The molecule has 1 saturated heterocycles. The summed E-state index contributed by atoms with van der Waals surface area (Å²) in [6.45, 7) is 7.81. The van der Waals surface area contributed by atoms with E-state index in [1.54, 1.807) is 7.11 Å². The van der Waals surface area contributed by atoms with Crippen LogP contribution in [0.2, 0.25) is 0 Å². The molecule has 0 radical (unpaired) electrons. The Morgan fingerprint density at radius 3 is 2.82 bits per heavy atom. The maximum atomic E-state index is 5.58. The molecule has 1 saturated carbocycles. The number of aromatic nitrogens is 1. The van der Waals surface area contributed by atoms with Crippen molar-refractivity contribution >= 4 is 10.9 Å². The molecule has 0 unspecified atom stereocenters. The van der Waals surface area contributed by atoms with Crippen molar-refractivity contribution in [1.82, 2.24) is 4.98 Å². The average Bonchev–Trinajstić information content (AvgIpc) is 3.31. The summed E-state index contributed by atoms with van der Waals surface area (Å²) in [5.74, 6) is 1.63. The molecule has 2 aliphatic rings. The first kappa shape index (κ1) is 15.3. The Morgan fingerprint density at radius 2 is 2.09 bits per heavy atom. The highest BCUT2D eigenvalue weighted by Crippen LogP contribution is 2.59. The van der Waals surface area contributed by atoms with Gasteiger partial charge < -0.3 is 9.47 Å². The predicted molar refractivity (Wildman–Crippen MR) is 89.6 cm³/mol. The van der Waals surface area contributed by atoms with E-state index in [1.165, 1.54) is 12.0 Å². The highest BCUT2D eigenvalue weighted by atomic mass is 16.5. The summed E-state index contributed by atoms with van der Waals surface area (Å²) < 4.78 is 11.1. The van der Waals surface area contributed by atoms with Gasteiger partial charge in [0.15, 0.2) is 0 Å². The fourth-order valence-corrected chi connectivity index (χ4v) is 3.68. The van der Waals surface area contributed by atoms with Crippen LogP contribution in [-0.4, -0.2) is 25.3 Å². The molecule has 1 aliphatic heterocycles. The van der Waals surface area contributed by atoms with Crippen LogP contribution in [0.5, 0.6) is 5.75 Å². The molecule has 1 aromatic carbocycles. The van der Waals surface area contributed by atoms with E-state index in [-0.39, 0.29) is 0 Å². The van der Waals surface area contributed by atoms with Crippen molar-refractivity contribution in [1.29, 1.82) is 0 Å². The fraction of sp³-hybridized carbons (Fsp3) is 0.526. The van der Waals surface area contributed by atoms with E-state index in [9.17, 15) is 0 Å². The SMILES string of the molecule is CC.COc1cc(C)nc2ccc([C@@]34CCOC[C@@H]3C4)cc12. The number of ether oxygens (including phenoxy) is 2. The average molecular weight is 299 g/mol. The Bertz CT molecular complexity index is 682. The van der Waals surface area contributed by atoms with E-state index in [2.05, 4.69) is 23.2 Å². The standard InChI is InChI=1S/C17H19NO2.C2H6/c1-11-7-16(19-2)14-8-12(3-4-15(14)18-11)17-5-6-20-10-13(17)9-17;1-2/h3-4,7-8,13H,5-6,9-10H2,1-2H3;1-2H3/t13-,17-;/m0./s1. The van der Waals surface area contributed by atoms with Gasteiger partial charge in [0.25, 0.3) is 0 Å². The third-order valence-electron chi connectivity index (χ3n) is 4.94. The van der Waals surface area contributed by atoms with E-state index in [0.717, 1.165) is 42.0 Å². The summed E-state index contributed by atoms with van der Waals surface area (Å²) in [5, 5.41) is 1.13. The van der Waals surface area contributed by atoms with Crippen LogP contribution in [0.15, 0.2) is 24.3 Å². The molecular formula is C19H25NO2. The Hall–Kier alpha value is -1.61. The molecule has 3 heteroatoms. The van der Waals surface area contributed by atoms with Gasteiger partial charge in [-0.05, 0) is 43.4 Å². The highest BCUT2D eigenvalue weighted by molar-refractivity contribution is 5.86. The maximum Gasteiger partial charge on any atom is 0.130 e. The lowest BCUT2D eigenvalue weighted by Gasteiger charge is -2.23. The first-order valence-corrected chi connectivity index (χ1v) is 8.26. The lowest BCUT2D eigenvalue weighted by atomic mass is 9.88. The molecule has 0 N–H and O–H groups in total. The van der Waals surface area contributed by atoms with Crippen LogP contribution in [-0.2, 0) is 10.2 Å². The van der Waals surface area contributed by atoms with E-state index in [0.29, 0.717) is 11.3 Å². The second kappa shape index (κ2) is 5.88. The summed E-state index contributed by atoms with van der Waals surface area (Å²) in [7, 11) is 1.73. The zero-order valence-corrected chi connectivity index (χ0v) is 14.0. The van der Waals surface area contributed by atoms with Crippen molar-refractivity contribution < 1.29 is 9.47 Å². The Morgan fingerprint density at radius 1 is 1.27 bits per heavy atom. The zero-order chi connectivity index (χ0) is 15.7. The van der Waals surface area contributed by atoms with Gasteiger partial charge in [0, 0.05) is 29.2 Å². The predicted octanol–water partition coefficient (Wildman–Crippen LogP) is 4.26. The minimum atomic E-state index is 0.363. The molecule has 2 fully saturated rings. The minimum Gasteiger partial charge on any atom is -0.496 e. The van der Waals surface area contributed by atoms with Crippen molar-refractivity contribution in [3.63, 3.8) is 0 Å².